The lowest BCUT2D eigenvalue weighted by molar-refractivity contribution is 0.102. The van der Waals surface area contributed by atoms with Crippen molar-refractivity contribution in [2.75, 3.05) is 5.32 Å². The molecule has 6 nitrogen and oxygen atoms in total. The Labute approximate surface area is 125 Å². The highest BCUT2D eigenvalue weighted by Gasteiger charge is 2.14. The fourth-order valence-electron chi connectivity index (χ4n) is 1.61. The molecule has 2 aromatic rings. The van der Waals surface area contributed by atoms with E-state index in [9.17, 15) is 4.79 Å². The average molecular weight is 312 g/mol. The van der Waals surface area contributed by atoms with E-state index in [4.69, 9.17) is 23.2 Å². The zero-order valence-electron chi connectivity index (χ0n) is 10.8. The molecular formula is C12H11Cl2N5O. The molecule has 1 amide bonds. The van der Waals surface area contributed by atoms with E-state index in [0.29, 0.717) is 23.4 Å². The van der Waals surface area contributed by atoms with Gasteiger partial charge in [-0.05, 0) is 31.0 Å². The predicted molar refractivity (Wildman–Crippen MR) is 76.2 cm³/mol. The van der Waals surface area contributed by atoms with Crippen LogP contribution in [0.4, 0.5) is 5.82 Å². The molecule has 2 rings (SSSR count). The van der Waals surface area contributed by atoms with Crippen LogP contribution in [0.5, 0.6) is 0 Å². The number of amides is 1. The van der Waals surface area contributed by atoms with Crippen LogP contribution in [0.2, 0.25) is 10.4 Å². The van der Waals surface area contributed by atoms with Gasteiger partial charge >= 0.3 is 0 Å². The number of halogens is 2. The van der Waals surface area contributed by atoms with Crippen LogP contribution < -0.4 is 5.32 Å². The van der Waals surface area contributed by atoms with E-state index in [2.05, 4.69) is 25.5 Å². The van der Waals surface area contributed by atoms with E-state index in [1.807, 2.05) is 6.92 Å². The molecule has 0 spiro atoms. The molecule has 0 atom stereocenters. The minimum atomic E-state index is -0.342. The first-order valence-corrected chi connectivity index (χ1v) is 6.60. The van der Waals surface area contributed by atoms with Gasteiger partial charge in [0.1, 0.15) is 11.0 Å². The number of hydrogen-bond donors (Lipinski definition) is 1. The fourth-order valence-corrected chi connectivity index (χ4v) is 2.02. The summed E-state index contributed by atoms with van der Waals surface area (Å²) in [5.41, 5.74) is 1.72. The number of aryl methyl sites for hydroxylation is 2. The molecule has 0 unspecified atom stereocenters. The van der Waals surface area contributed by atoms with Crippen LogP contribution in [0, 0.1) is 6.92 Å². The Morgan fingerprint density at radius 1 is 1.25 bits per heavy atom. The molecule has 2 aromatic heterocycles. The minimum absolute atomic E-state index is 0.0347. The van der Waals surface area contributed by atoms with Crippen LogP contribution in [-0.4, -0.2) is 26.1 Å². The number of hydrogen-bond acceptors (Lipinski definition) is 5. The van der Waals surface area contributed by atoms with Crippen molar-refractivity contribution in [1.82, 2.24) is 20.2 Å². The Balaban J connectivity index is 2.30. The first kappa shape index (κ1) is 14.6. The van der Waals surface area contributed by atoms with Gasteiger partial charge in [-0.1, -0.05) is 18.5 Å². The quantitative estimate of drug-likeness (QED) is 0.696. The summed E-state index contributed by atoms with van der Waals surface area (Å²) in [5, 5.41) is 10.7. The van der Waals surface area contributed by atoms with Gasteiger partial charge in [0.05, 0.1) is 17.0 Å². The Hall–Kier alpha value is -1.79. The number of nitrogens with one attached hydrogen (secondary N) is 1. The Bertz CT molecular complexity index is 642. The van der Waals surface area contributed by atoms with E-state index in [-0.39, 0.29) is 22.2 Å². The highest BCUT2D eigenvalue weighted by atomic mass is 35.5. The van der Waals surface area contributed by atoms with Gasteiger partial charge in [0.25, 0.3) is 5.91 Å². The molecule has 0 aliphatic rings. The van der Waals surface area contributed by atoms with Gasteiger partial charge in [0, 0.05) is 6.07 Å². The largest absolute Gasteiger partial charge is 0.306 e. The van der Waals surface area contributed by atoms with Gasteiger partial charge in [-0.15, -0.1) is 0 Å². The van der Waals surface area contributed by atoms with Gasteiger partial charge < -0.3 is 5.32 Å². The summed E-state index contributed by atoms with van der Waals surface area (Å²) in [4.78, 5) is 19.8. The Morgan fingerprint density at radius 3 is 2.65 bits per heavy atom. The number of carbonyl (C=O) groups excluding carboxylic acids is 1. The van der Waals surface area contributed by atoms with Gasteiger partial charge in [-0.2, -0.15) is 10.2 Å². The molecule has 0 aliphatic carbocycles. The molecule has 0 radical (unpaired) electrons. The maximum Gasteiger partial charge on any atom is 0.258 e. The second-order valence-corrected chi connectivity index (χ2v) is 4.72. The van der Waals surface area contributed by atoms with Crippen molar-refractivity contribution in [3.05, 3.63) is 39.5 Å². The predicted octanol–water partition coefficient (Wildman–Crippen LogP) is 2.70. The van der Waals surface area contributed by atoms with Crippen molar-refractivity contribution < 1.29 is 4.79 Å². The smallest absolute Gasteiger partial charge is 0.258 e. The lowest BCUT2D eigenvalue weighted by atomic mass is 10.1. The van der Waals surface area contributed by atoms with Crippen molar-refractivity contribution in [3.63, 3.8) is 0 Å². The highest BCUT2D eigenvalue weighted by molar-refractivity contribution is 6.32. The first-order valence-electron chi connectivity index (χ1n) is 5.84. The zero-order valence-corrected chi connectivity index (χ0v) is 12.3. The molecule has 20 heavy (non-hydrogen) atoms. The summed E-state index contributed by atoms with van der Waals surface area (Å²) in [6.45, 7) is 3.66. The molecule has 0 fully saturated rings. The van der Waals surface area contributed by atoms with Gasteiger partial charge in [-0.3, -0.25) is 4.79 Å². The number of nitrogens with zero attached hydrogens (tertiary/aromatic N) is 4. The number of rotatable bonds is 3. The molecule has 8 heteroatoms. The molecule has 0 aromatic carbocycles. The van der Waals surface area contributed by atoms with Crippen molar-refractivity contribution in [2.24, 2.45) is 0 Å². The number of carbonyl (C=O) groups is 1. The highest BCUT2D eigenvalue weighted by Crippen LogP contribution is 2.16. The van der Waals surface area contributed by atoms with Crippen LogP contribution in [0.15, 0.2) is 12.1 Å². The number of aromatic nitrogens is 4. The van der Waals surface area contributed by atoms with E-state index in [1.54, 1.807) is 13.0 Å². The Kier molecular flexibility index (Phi) is 4.46. The molecule has 0 saturated carbocycles. The first-order chi connectivity index (χ1) is 9.49. The topological polar surface area (TPSA) is 80.7 Å². The maximum atomic E-state index is 12.2. The third kappa shape index (κ3) is 3.40. The SMILES string of the molecule is CCc1nnc(C)cc1C(=O)Nc1cc(Cl)nc(Cl)n1. The lowest BCUT2D eigenvalue weighted by Crippen LogP contribution is -2.17. The van der Waals surface area contributed by atoms with E-state index in [0.717, 1.165) is 0 Å². The van der Waals surface area contributed by atoms with E-state index >= 15 is 0 Å². The van der Waals surface area contributed by atoms with Gasteiger partial charge in [0.2, 0.25) is 5.28 Å². The summed E-state index contributed by atoms with van der Waals surface area (Å²) in [6, 6.07) is 3.09. The van der Waals surface area contributed by atoms with E-state index in [1.165, 1.54) is 6.07 Å². The molecule has 0 saturated heterocycles. The fraction of sp³-hybridized carbons (Fsp3) is 0.250. The second kappa shape index (κ2) is 6.11. The third-order valence-corrected chi connectivity index (χ3v) is 2.84. The maximum absolute atomic E-state index is 12.2. The zero-order chi connectivity index (χ0) is 14.7. The second-order valence-electron chi connectivity index (χ2n) is 4.00. The minimum Gasteiger partial charge on any atom is -0.306 e. The molecule has 1 N–H and O–H groups in total. The third-order valence-electron chi connectivity index (χ3n) is 2.48. The summed E-state index contributed by atoms with van der Waals surface area (Å²) in [6.07, 6.45) is 0.599. The summed E-state index contributed by atoms with van der Waals surface area (Å²) in [7, 11) is 0. The van der Waals surface area contributed by atoms with Crippen molar-refractivity contribution >= 4 is 34.9 Å². The lowest BCUT2D eigenvalue weighted by Gasteiger charge is -2.08. The van der Waals surface area contributed by atoms with Gasteiger partial charge in [0.15, 0.2) is 0 Å². The van der Waals surface area contributed by atoms with Crippen LogP contribution in [0.25, 0.3) is 0 Å². The van der Waals surface area contributed by atoms with Crippen LogP contribution in [-0.2, 0) is 6.42 Å². The van der Waals surface area contributed by atoms with E-state index < -0.39 is 0 Å². The van der Waals surface area contributed by atoms with Crippen LogP contribution in [0.3, 0.4) is 0 Å². The van der Waals surface area contributed by atoms with Crippen molar-refractivity contribution in [3.8, 4) is 0 Å². The average Bonchev–Trinajstić information content (AvgIpc) is 2.37. The van der Waals surface area contributed by atoms with Crippen molar-refractivity contribution in [1.29, 1.82) is 0 Å². The monoisotopic (exact) mass is 311 g/mol. The van der Waals surface area contributed by atoms with Gasteiger partial charge in [-0.25, -0.2) is 9.97 Å². The molecule has 104 valence electrons. The molecule has 0 bridgehead atoms. The molecular weight excluding hydrogens is 301 g/mol. The molecule has 2 heterocycles. The van der Waals surface area contributed by atoms with Crippen LogP contribution >= 0.6 is 23.2 Å². The molecule has 0 aliphatic heterocycles. The Morgan fingerprint density at radius 2 is 2.00 bits per heavy atom. The summed E-state index contributed by atoms with van der Waals surface area (Å²) >= 11 is 11.4. The standard InChI is InChI=1S/C12H11Cl2N5O/c1-3-8-7(4-6(2)18-19-8)11(20)16-10-5-9(13)15-12(14)17-10/h4-5H,3H2,1-2H3,(H,15,16,17,20). The van der Waals surface area contributed by atoms with Crippen LogP contribution in [0.1, 0.15) is 28.7 Å². The normalized spacial score (nSPS) is 10.4. The van der Waals surface area contributed by atoms with Crippen molar-refractivity contribution in [2.45, 2.75) is 20.3 Å². The number of anilines is 1. The summed E-state index contributed by atoms with van der Waals surface area (Å²) in [5.74, 6) is -0.109. The summed E-state index contributed by atoms with van der Waals surface area (Å²) < 4.78 is 0.